The molecule has 0 heterocycles. The van der Waals surface area contributed by atoms with Gasteiger partial charge in [0.1, 0.15) is 11.9 Å². The number of aliphatic hydroxyl groups is 1. The molecule has 2 nitrogen and oxygen atoms in total. The highest BCUT2D eigenvalue weighted by Gasteiger charge is 2.18. The molecular formula is C14H11FO2. The van der Waals surface area contributed by atoms with Crippen LogP contribution in [0.15, 0.2) is 54.6 Å². The van der Waals surface area contributed by atoms with E-state index in [1.165, 1.54) is 24.3 Å². The maximum Gasteiger partial charge on any atom is 0.195 e. The number of ketones is 1. The van der Waals surface area contributed by atoms with Crippen LogP contribution in [-0.2, 0) is 0 Å². The van der Waals surface area contributed by atoms with E-state index in [2.05, 4.69) is 0 Å². The highest BCUT2D eigenvalue weighted by molar-refractivity contribution is 5.99. The molecule has 0 saturated carbocycles. The largest absolute Gasteiger partial charge is 0.380 e. The maximum atomic E-state index is 12.7. The lowest BCUT2D eigenvalue weighted by molar-refractivity contribution is 0.0747. The topological polar surface area (TPSA) is 37.3 Å². The lowest BCUT2D eigenvalue weighted by Crippen LogP contribution is -2.12. The first-order valence-electron chi connectivity index (χ1n) is 5.21. The molecule has 0 aliphatic rings. The van der Waals surface area contributed by atoms with E-state index in [9.17, 15) is 14.3 Å². The molecule has 1 N–H and O–H groups in total. The summed E-state index contributed by atoms with van der Waals surface area (Å²) in [5.74, 6) is -0.787. The summed E-state index contributed by atoms with van der Waals surface area (Å²) in [5.41, 5.74) is 0.824. The van der Waals surface area contributed by atoms with Crippen LogP contribution in [0.1, 0.15) is 22.0 Å². The molecule has 3 heteroatoms. The van der Waals surface area contributed by atoms with Crippen molar-refractivity contribution in [1.29, 1.82) is 0 Å². The van der Waals surface area contributed by atoms with Crippen LogP contribution in [0.25, 0.3) is 0 Å². The van der Waals surface area contributed by atoms with Crippen molar-refractivity contribution in [2.24, 2.45) is 0 Å². The molecule has 0 bridgehead atoms. The first kappa shape index (κ1) is 11.5. The van der Waals surface area contributed by atoms with E-state index in [4.69, 9.17) is 0 Å². The Hall–Kier alpha value is -2.00. The number of carbonyl (C=O) groups excluding carboxylic acids is 1. The molecule has 0 radical (unpaired) electrons. The van der Waals surface area contributed by atoms with Gasteiger partial charge in [0.05, 0.1) is 0 Å². The number of halogens is 1. The van der Waals surface area contributed by atoms with Crippen molar-refractivity contribution in [2.45, 2.75) is 6.10 Å². The predicted molar refractivity (Wildman–Crippen MR) is 62.1 cm³/mol. The van der Waals surface area contributed by atoms with Crippen molar-refractivity contribution in [2.75, 3.05) is 0 Å². The third-order valence-electron chi connectivity index (χ3n) is 2.49. The number of Topliss-reactive ketones (excluding diaryl/α,β-unsaturated/α-hetero) is 1. The van der Waals surface area contributed by atoms with E-state index < -0.39 is 17.7 Å². The van der Waals surface area contributed by atoms with Gasteiger partial charge in [-0.25, -0.2) is 4.39 Å². The van der Waals surface area contributed by atoms with Crippen molar-refractivity contribution >= 4 is 5.78 Å². The molecule has 17 heavy (non-hydrogen) atoms. The van der Waals surface area contributed by atoms with Crippen molar-refractivity contribution in [1.82, 2.24) is 0 Å². The van der Waals surface area contributed by atoms with E-state index >= 15 is 0 Å². The monoisotopic (exact) mass is 230 g/mol. The van der Waals surface area contributed by atoms with Gasteiger partial charge >= 0.3 is 0 Å². The molecule has 0 amide bonds. The minimum absolute atomic E-state index is 0.389. The smallest absolute Gasteiger partial charge is 0.195 e. The van der Waals surface area contributed by atoms with Crippen molar-refractivity contribution in [3.8, 4) is 0 Å². The van der Waals surface area contributed by atoms with E-state index in [1.807, 2.05) is 0 Å². The number of hydrogen-bond donors (Lipinski definition) is 1. The molecule has 0 aromatic heterocycles. The zero-order valence-corrected chi connectivity index (χ0v) is 9.01. The van der Waals surface area contributed by atoms with Gasteiger partial charge in [-0.2, -0.15) is 0 Å². The molecule has 2 rings (SSSR count). The summed E-state index contributed by atoms with van der Waals surface area (Å²) in [6.45, 7) is 0. The van der Waals surface area contributed by atoms with Crippen LogP contribution in [0.3, 0.4) is 0 Å². The molecule has 0 fully saturated rings. The van der Waals surface area contributed by atoms with E-state index in [-0.39, 0.29) is 0 Å². The summed E-state index contributed by atoms with van der Waals surface area (Å²) in [5, 5.41) is 9.86. The van der Waals surface area contributed by atoms with Crippen LogP contribution in [0, 0.1) is 5.82 Å². The van der Waals surface area contributed by atoms with Gasteiger partial charge in [-0.15, -0.1) is 0 Å². The Morgan fingerprint density at radius 1 is 1.00 bits per heavy atom. The SMILES string of the molecule is O=C(c1ccccc1)C(O)c1ccc(F)cc1. The molecule has 0 aliphatic carbocycles. The Balaban J connectivity index is 2.23. The highest BCUT2D eigenvalue weighted by atomic mass is 19.1. The summed E-state index contributed by atoms with van der Waals surface area (Å²) in [7, 11) is 0. The second-order valence-corrected chi connectivity index (χ2v) is 3.68. The summed E-state index contributed by atoms with van der Waals surface area (Å²) >= 11 is 0. The lowest BCUT2D eigenvalue weighted by atomic mass is 10.0. The number of aliphatic hydroxyl groups excluding tert-OH is 1. The molecule has 2 aromatic carbocycles. The van der Waals surface area contributed by atoms with Crippen LogP contribution < -0.4 is 0 Å². The van der Waals surface area contributed by atoms with Gasteiger partial charge in [-0.3, -0.25) is 4.79 Å². The van der Waals surface area contributed by atoms with Crippen molar-refractivity contribution < 1.29 is 14.3 Å². The maximum absolute atomic E-state index is 12.7. The Labute approximate surface area is 98.3 Å². The van der Waals surface area contributed by atoms with Crippen molar-refractivity contribution in [3.05, 3.63) is 71.5 Å². The quantitative estimate of drug-likeness (QED) is 0.823. The third-order valence-corrected chi connectivity index (χ3v) is 2.49. The first-order valence-corrected chi connectivity index (χ1v) is 5.21. The molecule has 0 saturated heterocycles. The minimum atomic E-state index is -1.25. The van der Waals surface area contributed by atoms with Gasteiger partial charge in [0.15, 0.2) is 5.78 Å². The number of carbonyl (C=O) groups is 1. The second kappa shape index (κ2) is 4.89. The normalized spacial score (nSPS) is 12.1. The molecule has 1 atom stereocenters. The van der Waals surface area contributed by atoms with Crippen LogP contribution in [0.4, 0.5) is 4.39 Å². The van der Waals surface area contributed by atoms with E-state index in [0.29, 0.717) is 11.1 Å². The Morgan fingerprint density at radius 3 is 2.18 bits per heavy atom. The van der Waals surface area contributed by atoms with Gasteiger partial charge in [0.25, 0.3) is 0 Å². The molecule has 2 aromatic rings. The number of rotatable bonds is 3. The minimum Gasteiger partial charge on any atom is -0.380 e. The molecule has 0 aliphatic heterocycles. The van der Waals surface area contributed by atoms with Crippen molar-refractivity contribution in [3.63, 3.8) is 0 Å². The zero-order chi connectivity index (χ0) is 12.3. The fourth-order valence-corrected chi connectivity index (χ4v) is 1.56. The standard InChI is InChI=1S/C14H11FO2/c15-12-8-6-11(7-9-12)14(17)13(16)10-4-2-1-3-5-10/h1-9,14,17H. The third kappa shape index (κ3) is 2.57. The predicted octanol–water partition coefficient (Wildman–Crippen LogP) is 2.74. The molecule has 86 valence electrons. The Morgan fingerprint density at radius 2 is 1.59 bits per heavy atom. The fourth-order valence-electron chi connectivity index (χ4n) is 1.56. The average molecular weight is 230 g/mol. The Bertz CT molecular complexity index is 506. The first-order chi connectivity index (χ1) is 8.18. The van der Waals surface area contributed by atoms with Gasteiger partial charge in [0.2, 0.25) is 0 Å². The summed E-state index contributed by atoms with van der Waals surface area (Å²) in [6, 6.07) is 13.8. The number of hydrogen-bond acceptors (Lipinski definition) is 2. The van der Waals surface area contributed by atoms with Gasteiger partial charge in [-0.05, 0) is 17.7 Å². The highest BCUT2D eigenvalue weighted by Crippen LogP contribution is 2.18. The zero-order valence-electron chi connectivity index (χ0n) is 9.01. The van der Waals surface area contributed by atoms with E-state index in [1.54, 1.807) is 30.3 Å². The summed E-state index contributed by atoms with van der Waals surface area (Å²) in [6.07, 6.45) is -1.25. The van der Waals surface area contributed by atoms with Crippen LogP contribution in [0.2, 0.25) is 0 Å². The summed E-state index contributed by atoms with van der Waals surface area (Å²) in [4.78, 5) is 11.9. The van der Waals surface area contributed by atoms with Crippen LogP contribution in [-0.4, -0.2) is 10.9 Å². The molecule has 1 unspecified atom stereocenters. The van der Waals surface area contributed by atoms with Gasteiger partial charge < -0.3 is 5.11 Å². The van der Waals surface area contributed by atoms with Crippen LogP contribution in [0.5, 0.6) is 0 Å². The summed E-state index contributed by atoms with van der Waals surface area (Å²) < 4.78 is 12.7. The molecular weight excluding hydrogens is 219 g/mol. The van der Waals surface area contributed by atoms with E-state index in [0.717, 1.165) is 0 Å². The Kier molecular flexibility index (Phi) is 3.30. The van der Waals surface area contributed by atoms with Gasteiger partial charge in [0, 0.05) is 5.56 Å². The fraction of sp³-hybridized carbons (Fsp3) is 0.0714. The van der Waals surface area contributed by atoms with Crippen LogP contribution >= 0.6 is 0 Å². The van der Waals surface area contributed by atoms with Gasteiger partial charge in [-0.1, -0.05) is 42.5 Å². The average Bonchev–Trinajstić information content (AvgIpc) is 2.39. The molecule has 0 spiro atoms. The second-order valence-electron chi connectivity index (χ2n) is 3.68. The number of benzene rings is 2. The lowest BCUT2D eigenvalue weighted by Gasteiger charge is -2.09.